The average molecular weight is 464 g/mol. The summed E-state index contributed by atoms with van der Waals surface area (Å²) in [6.45, 7) is 1.89. The lowest BCUT2D eigenvalue weighted by molar-refractivity contribution is -0.141. The highest BCUT2D eigenvalue weighted by molar-refractivity contribution is 6.04. The monoisotopic (exact) mass is 464 g/mol. The number of pyridine rings is 2. The molecule has 0 fully saturated rings. The molecule has 4 aromatic rings. The van der Waals surface area contributed by atoms with Gasteiger partial charge in [-0.2, -0.15) is 13.2 Å². The van der Waals surface area contributed by atoms with Crippen molar-refractivity contribution < 1.29 is 18.0 Å². The summed E-state index contributed by atoms with van der Waals surface area (Å²) in [6, 6.07) is 10.8. The lowest BCUT2D eigenvalue weighted by atomic mass is 10.0. The predicted molar refractivity (Wildman–Crippen MR) is 122 cm³/mol. The predicted octanol–water partition coefficient (Wildman–Crippen LogP) is 5.22. The molecule has 34 heavy (non-hydrogen) atoms. The first-order chi connectivity index (χ1) is 16.2. The minimum Gasteiger partial charge on any atom is -0.373 e. The molecule has 172 valence electrons. The third-order valence-corrected chi connectivity index (χ3v) is 5.03. The van der Waals surface area contributed by atoms with Crippen LogP contribution in [0.1, 0.15) is 21.6 Å². The lowest BCUT2D eigenvalue weighted by Gasteiger charge is -2.12. The van der Waals surface area contributed by atoms with E-state index in [9.17, 15) is 18.0 Å². The zero-order chi connectivity index (χ0) is 24.3. The summed E-state index contributed by atoms with van der Waals surface area (Å²) >= 11 is 0. The van der Waals surface area contributed by atoms with E-state index in [1.54, 1.807) is 43.8 Å². The summed E-state index contributed by atoms with van der Waals surface area (Å²) in [5.41, 5.74) is 2.79. The molecule has 1 amide bonds. The third kappa shape index (κ3) is 5.01. The van der Waals surface area contributed by atoms with Crippen LogP contribution in [0, 0.1) is 6.92 Å². The topological polar surface area (TPSA) is 92.7 Å². The zero-order valence-electron chi connectivity index (χ0n) is 18.2. The first-order valence-corrected chi connectivity index (χ1v) is 10.2. The van der Waals surface area contributed by atoms with Gasteiger partial charge in [-0.05, 0) is 48.9 Å². The van der Waals surface area contributed by atoms with Crippen molar-refractivity contribution >= 4 is 17.4 Å². The van der Waals surface area contributed by atoms with Gasteiger partial charge >= 0.3 is 6.18 Å². The molecule has 0 aliphatic carbocycles. The zero-order valence-corrected chi connectivity index (χ0v) is 18.2. The van der Waals surface area contributed by atoms with Gasteiger partial charge in [-0.3, -0.25) is 14.8 Å². The summed E-state index contributed by atoms with van der Waals surface area (Å²) in [5, 5.41) is 5.61. The van der Waals surface area contributed by atoms with Crippen molar-refractivity contribution in [3.05, 3.63) is 84.1 Å². The average Bonchev–Trinajstić information content (AvgIpc) is 2.85. The van der Waals surface area contributed by atoms with Crippen LogP contribution < -0.4 is 10.6 Å². The second-order valence-corrected chi connectivity index (χ2v) is 7.38. The molecule has 4 rings (SSSR count). The van der Waals surface area contributed by atoms with Gasteiger partial charge in [0.25, 0.3) is 5.91 Å². The number of carbonyl (C=O) groups is 1. The Bertz CT molecular complexity index is 1360. The molecule has 0 radical (unpaired) electrons. The molecule has 0 bridgehead atoms. The molecule has 7 nitrogen and oxygen atoms in total. The minimum absolute atomic E-state index is 0.149. The Morgan fingerprint density at radius 3 is 2.47 bits per heavy atom. The number of halogens is 3. The maximum atomic E-state index is 12.9. The summed E-state index contributed by atoms with van der Waals surface area (Å²) < 4.78 is 38.8. The number of nitrogens with zero attached hydrogens (tertiary/aromatic N) is 4. The number of anilines is 2. The highest BCUT2D eigenvalue weighted by Crippen LogP contribution is 2.29. The van der Waals surface area contributed by atoms with Crippen molar-refractivity contribution in [1.29, 1.82) is 0 Å². The number of carbonyl (C=O) groups excluding carboxylic acids is 1. The molecule has 3 aromatic heterocycles. The highest BCUT2D eigenvalue weighted by Gasteiger charge is 2.33. The van der Waals surface area contributed by atoms with Crippen molar-refractivity contribution in [1.82, 2.24) is 19.9 Å². The first kappa shape index (κ1) is 22.8. The van der Waals surface area contributed by atoms with Crippen LogP contribution in [0.25, 0.3) is 22.5 Å². The number of benzene rings is 1. The first-order valence-electron chi connectivity index (χ1n) is 10.2. The molecular formula is C24H19F3N6O. The quantitative estimate of drug-likeness (QED) is 0.421. The van der Waals surface area contributed by atoms with Gasteiger partial charge in [-0.25, -0.2) is 9.97 Å². The van der Waals surface area contributed by atoms with Crippen LogP contribution in [0.2, 0.25) is 0 Å². The fourth-order valence-corrected chi connectivity index (χ4v) is 3.27. The summed E-state index contributed by atoms with van der Waals surface area (Å²) in [7, 11) is 1.77. The maximum absolute atomic E-state index is 12.9. The van der Waals surface area contributed by atoms with Gasteiger partial charge in [0, 0.05) is 41.8 Å². The van der Waals surface area contributed by atoms with Gasteiger partial charge in [-0.1, -0.05) is 6.07 Å². The Hall–Kier alpha value is -4.34. The number of nitrogens with one attached hydrogen (secondary N) is 2. The Morgan fingerprint density at radius 1 is 0.941 bits per heavy atom. The van der Waals surface area contributed by atoms with Crippen LogP contribution in [0.5, 0.6) is 0 Å². The van der Waals surface area contributed by atoms with E-state index in [1.165, 1.54) is 6.07 Å². The smallest absolute Gasteiger partial charge is 0.373 e. The van der Waals surface area contributed by atoms with E-state index in [2.05, 4.69) is 25.6 Å². The van der Waals surface area contributed by atoms with E-state index in [4.69, 9.17) is 4.98 Å². The molecule has 0 spiro atoms. The minimum atomic E-state index is -4.64. The molecule has 0 saturated heterocycles. The molecule has 3 heterocycles. The number of aryl methyl sites for hydroxylation is 1. The van der Waals surface area contributed by atoms with E-state index in [0.29, 0.717) is 29.0 Å². The van der Waals surface area contributed by atoms with Crippen molar-refractivity contribution in [3.8, 4) is 22.5 Å². The standard InChI is InChI=1S/C24H19F3N6O/c1-14-3-4-17(32-23(34)16-6-7-30-21(9-16)24(25,26)27)11-18(14)20-13-29-12-19(33-20)15-5-8-31-22(10-15)28-2/h3-13H,1-2H3,(H,28,31)(H,32,34). The Labute approximate surface area is 193 Å². The lowest BCUT2D eigenvalue weighted by Crippen LogP contribution is -2.15. The highest BCUT2D eigenvalue weighted by atomic mass is 19.4. The van der Waals surface area contributed by atoms with E-state index in [0.717, 1.165) is 22.9 Å². The largest absolute Gasteiger partial charge is 0.433 e. The second kappa shape index (κ2) is 9.26. The van der Waals surface area contributed by atoms with Gasteiger partial charge in [0.1, 0.15) is 11.5 Å². The van der Waals surface area contributed by atoms with Gasteiger partial charge < -0.3 is 10.6 Å². The van der Waals surface area contributed by atoms with Crippen molar-refractivity contribution in [3.63, 3.8) is 0 Å². The molecule has 2 N–H and O–H groups in total. The summed E-state index contributed by atoms with van der Waals surface area (Å²) in [4.78, 5) is 29.1. The normalized spacial score (nSPS) is 11.2. The van der Waals surface area contributed by atoms with Crippen LogP contribution in [0.15, 0.2) is 67.3 Å². The number of rotatable bonds is 5. The van der Waals surface area contributed by atoms with E-state index >= 15 is 0 Å². The summed E-state index contributed by atoms with van der Waals surface area (Å²) in [6.07, 6.45) is 1.23. The molecule has 0 aliphatic heterocycles. The fourth-order valence-electron chi connectivity index (χ4n) is 3.27. The van der Waals surface area contributed by atoms with Crippen LogP contribution in [-0.4, -0.2) is 32.9 Å². The van der Waals surface area contributed by atoms with Crippen molar-refractivity contribution in [2.45, 2.75) is 13.1 Å². The summed E-state index contributed by atoms with van der Waals surface area (Å²) in [5.74, 6) is 0.00862. The van der Waals surface area contributed by atoms with Gasteiger partial charge in [0.2, 0.25) is 0 Å². The molecular weight excluding hydrogens is 445 g/mol. The maximum Gasteiger partial charge on any atom is 0.433 e. The SMILES string of the molecule is CNc1cc(-c2cncc(-c3cc(NC(=O)c4ccnc(C(F)(F)F)c4)ccc3C)n2)ccn1. The molecule has 0 aliphatic rings. The number of aromatic nitrogens is 4. The molecule has 0 unspecified atom stereocenters. The number of alkyl halides is 3. The van der Waals surface area contributed by atoms with E-state index in [1.807, 2.05) is 19.1 Å². The molecule has 0 atom stereocenters. The van der Waals surface area contributed by atoms with Crippen molar-refractivity contribution in [2.75, 3.05) is 17.7 Å². The van der Waals surface area contributed by atoms with E-state index < -0.39 is 17.8 Å². The molecule has 0 saturated carbocycles. The number of hydrogen-bond acceptors (Lipinski definition) is 6. The molecule has 10 heteroatoms. The van der Waals surface area contributed by atoms with Crippen LogP contribution in [0.4, 0.5) is 24.7 Å². The van der Waals surface area contributed by atoms with Crippen LogP contribution in [0.3, 0.4) is 0 Å². The van der Waals surface area contributed by atoms with Gasteiger partial charge in [0.15, 0.2) is 0 Å². The molecule has 1 aromatic carbocycles. The Kier molecular flexibility index (Phi) is 6.22. The fraction of sp³-hybridized carbons (Fsp3) is 0.125. The number of hydrogen-bond donors (Lipinski definition) is 2. The Morgan fingerprint density at radius 2 is 1.71 bits per heavy atom. The number of amides is 1. The third-order valence-electron chi connectivity index (χ3n) is 5.03. The van der Waals surface area contributed by atoms with Crippen LogP contribution >= 0.6 is 0 Å². The van der Waals surface area contributed by atoms with Gasteiger partial charge in [0.05, 0.1) is 23.8 Å². The van der Waals surface area contributed by atoms with Crippen molar-refractivity contribution in [2.24, 2.45) is 0 Å². The van der Waals surface area contributed by atoms with Crippen LogP contribution in [-0.2, 0) is 6.18 Å². The van der Waals surface area contributed by atoms with Gasteiger partial charge in [-0.15, -0.1) is 0 Å². The van der Waals surface area contributed by atoms with E-state index in [-0.39, 0.29) is 5.56 Å². The second-order valence-electron chi connectivity index (χ2n) is 7.38. The Balaban J connectivity index is 1.63.